The Hall–Kier alpha value is -1.54. The molecule has 0 aliphatic carbocycles. The molecule has 27 heavy (non-hydrogen) atoms. The molecule has 2 heterocycles. The van der Waals surface area contributed by atoms with Gasteiger partial charge in [-0.25, -0.2) is 4.79 Å². The van der Waals surface area contributed by atoms with E-state index in [-0.39, 0.29) is 16.7 Å². The van der Waals surface area contributed by atoms with Crippen LogP contribution in [0.4, 0.5) is 4.79 Å². The van der Waals surface area contributed by atoms with Gasteiger partial charge in [-0.1, -0.05) is 0 Å². The number of carbonyl (C=O) groups excluding carboxylic acids is 1. The van der Waals surface area contributed by atoms with Crippen molar-refractivity contribution < 1.29 is 18.8 Å². The molecule has 152 valence electrons. The summed E-state index contributed by atoms with van der Waals surface area (Å²) in [5, 5.41) is 7.29. The van der Waals surface area contributed by atoms with Crippen LogP contribution in [-0.4, -0.2) is 46.3 Å². The predicted molar refractivity (Wildman–Crippen MR) is 106 cm³/mol. The molecule has 1 fully saturated rings. The topological polar surface area (TPSA) is 74.6 Å². The third-order valence-corrected chi connectivity index (χ3v) is 5.15. The lowest BCUT2D eigenvalue weighted by molar-refractivity contribution is 0.00578. The molecule has 0 saturated carbocycles. The van der Waals surface area contributed by atoms with Crippen molar-refractivity contribution in [1.82, 2.24) is 15.1 Å². The van der Waals surface area contributed by atoms with Crippen molar-refractivity contribution in [3.63, 3.8) is 0 Å². The summed E-state index contributed by atoms with van der Waals surface area (Å²) in [5.74, 6) is 0. The quantitative estimate of drug-likeness (QED) is 0.797. The van der Waals surface area contributed by atoms with Crippen molar-refractivity contribution in [2.24, 2.45) is 0 Å². The first-order valence-electron chi connectivity index (χ1n) is 9.51. The van der Waals surface area contributed by atoms with Crippen LogP contribution in [0.3, 0.4) is 0 Å². The highest BCUT2D eigenvalue weighted by Crippen LogP contribution is 2.36. The number of rotatable bonds is 5. The number of hydrogen-bond donors (Lipinski definition) is 1. The standard InChI is InChI=1S/C19H34BN3O4/c1-16(2,3)25-15(24)21-11-10-17(4,5)23-13-14(12-22-23)20-26-18(6,7)19(8,9)27-20/h12-13H,10-11H2,1-9H3,(H,21,24). The Balaban J connectivity index is 1.96. The molecule has 1 aliphatic rings. The fourth-order valence-electron chi connectivity index (χ4n) is 2.67. The van der Waals surface area contributed by atoms with Crippen LogP contribution in [0.25, 0.3) is 0 Å². The van der Waals surface area contributed by atoms with Crippen LogP contribution in [0, 0.1) is 0 Å². The van der Waals surface area contributed by atoms with Crippen LogP contribution in [0.2, 0.25) is 0 Å². The molecule has 1 aliphatic heterocycles. The van der Waals surface area contributed by atoms with Crippen molar-refractivity contribution in [2.45, 2.75) is 91.1 Å². The molecule has 7 nitrogen and oxygen atoms in total. The average Bonchev–Trinajstić information content (AvgIpc) is 3.00. The van der Waals surface area contributed by atoms with Crippen LogP contribution in [0.5, 0.6) is 0 Å². The third-order valence-electron chi connectivity index (χ3n) is 5.15. The molecular weight excluding hydrogens is 345 g/mol. The lowest BCUT2D eigenvalue weighted by Crippen LogP contribution is -2.41. The summed E-state index contributed by atoms with van der Waals surface area (Å²) in [4.78, 5) is 11.8. The lowest BCUT2D eigenvalue weighted by Gasteiger charge is -2.32. The van der Waals surface area contributed by atoms with Gasteiger partial charge in [0.1, 0.15) is 5.60 Å². The van der Waals surface area contributed by atoms with Gasteiger partial charge < -0.3 is 19.4 Å². The second-order valence-electron chi connectivity index (χ2n) is 9.80. The van der Waals surface area contributed by atoms with E-state index in [1.807, 2.05) is 59.3 Å². The largest absolute Gasteiger partial charge is 0.498 e. The average molecular weight is 379 g/mol. The van der Waals surface area contributed by atoms with Crippen LogP contribution in [0.15, 0.2) is 12.4 Å². The molecule has 0 radical (unpaired) electrons. The van der Waals surface area contributed by atoms with Gasteiger partial charge in [-0.05, 0) is 68.7 Å². The van der Waals surface area contributed by atoms with E-state index in [9.17, 15) is 4.79 Å². The van der Waals surface area contributed by atoms with Crippen molar-refractivity contribution in [3.05, 3.63) is 12.4 Å². The number of ether oxygens (including phenoxy) is 1. The molecule has 0 aromatic carbocycles. The molecule has 1 aromatic rings. The minimum absolute atomic E-state index is 0.281. The second-order valence-corrected chi connectivity index (χ2v) is 9.80. The SMILES string of the molecule is CC(C)(C)OC(=O)NCCC(C)(C)n1cc(B2OC(C)(C)C(C)(C)O2)cn1. The first-order chi connectivity index (χ1) is 12.1. The number of aromatic nitrogens is 2. The minimum atomic E-state index is -0.501. The fourth-order valence-corrected chi connectivity index (χ4v) is 2.67. The van der Waals surface area contributed by atoms with Crippen molar-refractivity contribution in [3.8, 4) is 0 Å². The number of amides is 1. The predicted octanol–water partition coefficient (Wildman–Crippen LogP) is 2.83. The van der Waals surface area contributed by atoms with E-state index < -0.39 is 18.8 Å². The Morgan fingerprint density at radius 1 is 1.19 bits per heavy atom. The summed E-state index contributed by atoms with van der Waals surface area (Å²) in [7, 11) is -0.431. The van der Waals surface area contributed by atoms with E-state index in [1.54, 1.807) is 6.20 Å². The lowest BCUT2D eigenvalue weighted by atomic mass is 9.82. The molecule has 0 atom stereocenters. The Morgan fingerprint density at radius 2 is 1.74 bits per heavy atom. The van der Waals surface area contributed by atoms with E-state index in [4.69, 9.17) is 14.0 Å². The summed E-state index contributed by atoms with van der Waals surface area (Å²) in [6.45, 7) is 18.3. The van der Waals surface area contributed by atoms with Gasteiger partial charge >= 0.3 is 13.2 Å². The summed E-state index contributed by atoms with van der Waals surface area (Å²) in [6.07, 6.45) is 4.04. The summed E-state index contributed by atoms with van der Waals surface area (Å²) >= 11 is 0. The highest BCUT2D eigenvalue weighted by molar-refractivity contribution is 6.62. The van der Waals surface area contributed by atoms with Crippen molar-refractivity contribution >= 4 is 18.7 Å². The maximum Gasteiger partial charge on any atom is 0.498 e. The van der Waals surface area contributed by atoms with E-state index >= 15 is 0 Å². The number of nitrogens with zero attached hydrogens (tertiary/aromatic N) is 2. The monoisotopic (exact) mass is 379 g/mol. The van der Waals surface area contributed by atoms with Gasteiger partial charge in [0.25, 0.3) is 0 Å². The highest BCUT2D eigenvalue weighted by atomic mass is 16.7. The van der Waals surface area contributed by atoms with E-state index in [0.717, 1.165) is 5.46 Å². The van der Waals surface area contributed by atoms with Gasteiger partial charge in [-0.2, -0.15) is 5.10 Å². The first-order valence-corrected chi connectivity index (χ1v) is 9.51. The maximum absolute atomic E-state index is 11.8. The molecule has 0 bridgehead atoms. The molecule has 0 spiro atoms. The van der Waals surface area contributed by atoms with Crippen LogP contribution in [0.1, 0.15) is 68.7 Å². The van der Waals surface area contributed by atoms with Gasteiger partial charge in [-0.15, -0.1) is 0 Å². The summed E-state index contributed by atoms with van der Waals surface area (Å²) < 4.78 is 19.3. The van der Waals surface area contributed by atoms with Crippen LogP contribution in [-0.2, 0) is 19.6 Å². The fraction of sp³-hybridized carbons (Fsp3) is 0.789. The van der Waals surface area contributed by atoms with Gasteiger partial charge in [-0.3, -0.25) is 4.68 Å². The number of nitrogens with one attached hydrogen (secondary N) is 1. The smallest absolute Gasteiger partial charge is 0.444 e. The van der Waals surface area contributed by atoms with Gasteiger partial charge in [0, 0.05) is 24.4 Å². The molecule has 0 unspecified atom stereocenters. The zero-order valence-electron chi connectivity index (χ0n) is 18.2. The van der Waals surface area contributed by atoms with E-state index in [2.05, 4.69) is 24.3 Å². The Kier molecular flexibility index (Phi) is 5.75. The zero-order valence-corrected chi connectivity index (χ0v) is 18.2. The highest BCUT2D eigenvalue weighted by Gasteiger charge is 2.52. The van der Waals surface area contributed by atoms with E-state index in [1.165, 1.54) is 0 Å². The minimum Gasteiger partial charge on any atom is -0.444 e. The normalized spacial score (nSPS) is 19.2. The first kappa shape index (κ1) is 21.8. The summed E-state index contributed by atoms with van der Waals surface area (Å²) in [6, 6.07) is 0. The molecule has 1 saturated heterocycles. The Morgan fingerprint density at radius 3 is 2.26 bits per heavy atom. The van der Waals surface area contributed by atoms with Crippen molar-refractivity contribution in [2.75, 3.05) is 6.54 Å². The van der Waals surface area contributed by atoms with E-state index in [0.29, 0.717) is 13.0 Å². The Labute approximate surface area is 163 Å². The molecule has 1 N–H and O–H groups in total. The number of hydrogen-bond acceptors (Lipinski definition) is 5. The molecule has 1 aromatic heterocycles. The maximum atomic E-state index is 11.8. The summed E-state index contributed by atoms with van der Waals surface area (Å²) in [5.41, 5.74) is -0.656. The molecule has 8 heteroatoms. The number of alkyl carbamates (subject to hydrolysis) is 1. The van der Waals surface area contributed by atoms with Crippen molar-refractivity contribution in [1.29, 1.82) is 0 Å². The molecular formula is C19H34BN3O4. The Bertz CT molecular complexity index is 661. The second kappa shape index (κ2) is 7.13. The van der Waals surface area contributed by atoms with Gasteiger partial charge in [0.2, 0.25) is 0 Å². The molecule has 1 amide bonds. The third kappa shape index (κ3) is 5.26. The number of carbonyl (C=O) groups is 1. The molecule has 2 rings (SSSR count). The van der Waals surface area contributed by atoms with Crippen LogP contribution < -0.4 is 10.8 Å². The zero-order chi connectivity index (χ0) is 20.7. The van der Waals surface area contributed by atoms with Gasteiger partial charge in [0.15, 0.2) is 0 Å². The van der Waals surface area contributed by atoms with Crippen LogP contribution >= 0.6 is 0 Å². The van der Waals surface area contributed by atoms with Gasteiger partial charge in [0.05, 0.1) is 16.7 Å².